The monoisotopic (exact) mass is 280 g/mol. The highest BCUT2D eigenvalue weighted by molar-refractivity contribution is 9.10. The molecule has 0 spiro atoms. The van der Waals surface area contributed by atoms with Crippen molar-refractivity contribution in [1.82, 2.24) is 9.78 Å². The Kier molecular flexibility index (Phi) is 3.05. The lowest BCUT2D eigenvalue weighted by atomic mass is 10.2. The molecular formula is C11H9BrN2O2. The summed E-state index contributed by atoms with van der Waals surface area (Å²) in [4.78, 5) is 10.9. The average Bonchev–Trinajstić information content (AvgIpc) is 2.77. The minimum Gasteiger partial charge on any atom is -0.493 e. The molecule has 0 aliphatic carbocycles. The van der Waals surface area contributed by atoms with Crippen molar-refractivity contribution < 1.29 is 9.53 Å². The van der Waals surface area contributed by atoms with E-state index in [0.29, 0.717) is 11.3 Å². The number of carbonyl (C=O) groups excluding carboxylic acids is 1. The molecule has 0 saturated heterocycles. The summed E-state index contributed by atoms with van der Waals surface area (Å²) in [5, 5.41) is 4.11. The van der Waals surface area contributed by atoms with Crippen molar-refractivity contribution in [3.05, 3.63) is 40.6 Å². The second-order valence-electron chi connectivity index (χ2n) is 3.15. The van der Waals surface area contributed by atoms with Gasteiger partial charge in [0.1, 0.15) is 0 Å². The minimum atomic E-state index is 0.570. The van der Waals surface area contributed by atoms with Gasteiger partial charge in [0.2, 0.25) is 0 Å². The number of aldehydes is 1. The molecule has 0 fully saturated rings. The Hall–Kier alpha value is -1.62. The topological polar surface area (TPSA) is 44.1 Å². The van der Waals surface area contributed by atoms with Gasteiger partial charge in [0, 0.05) is 10.0 Å². The Balaban J connectivity index is 2.50. The average molecular weight is 281 g/mol. The fourth-order valence-corrected chi connectivity index (χ4v) is 1.75. The lowest BCUT2D eigenvalue weighted by Gasteiger charge is -2.04. The van der Waals surface area contributed by atoms with E-state index in [1.54, 1.807) is 30.3 Å². The largest absolute Gasteiger partial charge is 0.493 e. The Morgan fingerprint density at radius 3 is 2.94 bits per heavy atom. The summed E-state index contributed by atoms with van der Waals surface area (Å²) in [6.07, 6.45) is 4.11. The number of carbonyl (C=O) groups is 1. The van der Waals surface area contributed by atoms with E-state index in [1.807, 2.05) is 12.1 Å². The minimum absolute atomic E-state index is 0.570. The van der Waals surface area contributed by atoms with Crippen molar-refractivity contribution in [3.8, 4) is 11.4 Å². The first-order chi connectivity index (χ1) is 7.74. The van der Waals surface area contributed by atoms with Crippen LogP contribution in [0.4, 0.5) is 0 Å². The van der Waals surface area contributed by atoms with Gasteiger partial charge < -0.3 is 4.74 Å². The third-order valence-electron chi connectivity index (χ3n) is 2.16. The fourth-order valence-electron chi connectivity index (χ4n) is 1.37. The number of methoxy groups -OCH3 is 1. The molecule has 82 valence electrons. The molecule has 0 atom stereocenters. The highest BCUT2D eigenvalue weighted by Gasteiger charge is 2.06. The van der Waals surface area contributed by atoms with Crippen LogP contribution in [0.2, 0.25) is 0 Å². The van der Waals surface area contributed by atoms with Gasteiger partial charge in [0.15, 0.2) is 12.0 Å². The highest BCUT2D eigenvalue weighted by atomic mass is 79.9. The van der Waals surface area contributed by atoms with Crippen LogP contribution >= 0.6 is 15.9 Å². The fraction of sp³-hybridized carbons (Fsp3) is 0.0909. The molecule has 0 N–H and O–H groups in total. The van der Waals surface area contributed by atoms with Crippen LogP contribution in [0.1, 0.15) is 10.4 Å². The third-order valence-corrected chi connectivity index (χ3v) is 2.65. The SMILES string of the molecule is COc1cnn(-c2ccc(Br)cc2C=O)c1. The number of hydrogen-bond acceptors (Lipinski definition) is 3. The number of nitrogens with zero attached hydrogens (tertiary/aromatic N) is 2. The number of hydrogen-bond donors (Lipinski definition) is 0. The van der Waals surface area contributed by atoms with Crippen LogP contribution in [0.5, 0.6) is 5.75 Å². The standard InChI is InChI=1S/C11H9BrN2O2/c1-16-10-5-13-14(6-10)11-3-2-9(12)4-8(11)7-15/h2-7H,1H3. The van der Waals surface area contributed by atoms with Gasteiger partial charge in [-0.25, -0.2) is 4.68 Å². The Bertz CT molecular complexity index is 522. The molecule has 2 rings (SSSR count). The number of benzene rings is 1. The van der Waals surface area contributed by atoms with Crippen LogP contribution in [-0.4, -0.2) is 23.2 Å². The smallest absolute Gasteiger partial charge is 0.157 e. The summed E-state index contributed by atoms with van der Waals surface area (Å²) in [7, 11) is 1.57. The predicted molar refractivity (Wildman–Crippen MR) is 63.2 cm³/mol. The maximum Gasteiger partial charge on any atom is 0.157 e. The van der Waals surface area contributed by atoms with Crippen LogP contribution in [0, 0.1) is 0 Å². The van der Waals surface area contributed by atoms with Crippen LogP contribution in [0.3, 0.4) is 0 Å². The lowest BCUT2D eigenvalue weighted by molar-refractivity contribution is 0.112. The van der Waals surface area contributed by atoms with E-state index in [4.69, 9.17) is 4.74 Å². The van der Waals surface area contributed by atoms with Gasteiger partial charge >= 0.3 is 0 Å². The lowest BCUT2D eigenvalue weighted by Crippen LogP contribution is -1.99. The summed E-state index contributed by atoms with van der Waals surface area (Å²) in [6, 6.07) is 5.42. The maximum absolute atomic E-state index is 10.9. The van der Waals surface area contributed by atoms with E-state index >= 15 is 0 Å². The second-order valence-corrected chi connectivity index (χ2v) is 4.06. The predicted octanol–water partition coefficient (Wildman–Crippen LogP) is 2.46. The van der Waals surface area contributed by atoms with E-state index in [2.05, 4.69) is 21.0 Å². The molecule has 0 saturated carbocycles. The van der Waals surface area contributed by atoms with E-state index in [0.717, 1.165) is 16.4 Å². The molecule has 4 nitrogen and oxygen atoms in total. The van der Waals surface area contributed by atoms with Gasteiger partial charge in [-0.3, -0.25) is 4.79 Å². The van der Waals surface area contributed by atoms with Gasteiger partial charge in [0.05, 0.1) is 25.2 Å². The number of halogens is 1. The first kappa shape index (κ1) is 10.9. The number of aromatic nitrogens is 2. The van der Waals surface area contributed by atoms with Crippen molar-refractivity contribution in [2.45, 2.75) is 0 Å². The van der Waals surface area contributed by atoms with Gasteiger partial charge in [-0.2, -0.15) is 5.10 Å². The Labute approximate surface area is 101 Å². The molecule has 0 aliphatic rings. The Morgan fingerprint density at radius 2 is 2.31 bits per heavy atom. The summed E-state index contributed by atoms with van der Waals surface area (Å²) < 4.78 is 7.50. The van der Waals surface area contributed by atoms with Crippen molar-refractivity contribution in [1.29, 1.82) is 0 Å². The van der Waals surface area contributed by atoms with Gasteiger partial charge in [-0.1, -0.05) is 15.9 Å². The molecule has 0 amide bonds. The third kappa shape index (κ3) is 1.99. The van der Waals surface area contributed by atoms with Crippen LogP contribution in [-0.2, 0) is 0 Å². The quantitative estimate of drug-likeness (QED) is 0.812. The van der Waals surface area contributed by atoms with E-state index < -0.39 is 0 Å². The zero-order chi connectivity index (χ0) is 11.5. The molecule has 2 aromatic rings. The zero-order valence-electron chi connectivity index (χ0n) is 8.55. The van der Waals surface area contributed by atoms with Gasteiger partial charge in [0.25, 0.3) is 0 Å². The van der Waals surface area contributed by atoms with Crippen molar-refractivity contribution in [3.63, 3.8) is 0 Å². The summed E-state index contributed by atoms with van der Waals surface area (Å²) in [5.41, 5.74) is 1.29. The van der Waals surface area contributed by atoms with Crippen LogP contribution in [0.15, 0.2) is 35.1 Å². The zero-order valence-corrected chi connectivity index (χ0v) is 10.1. The van der Waals surface area contributed by atoms with Gasteiger partial charge in [-0.05, 0) is 18.2 Å². The molecule has 1 heterocycles. The molecule has 0 radical (unpaired) electrons. The van der Waals surface area contributed by atoms with E-state index in [9.17, 15) is 4.79 Å². The number of rotatable bonds is 3. The van der Waals surface area contributed by atoms with Crippen molar-refractivity contribution >= 4 is 22.2 Å². The highest BCUT2D eigenvalue weighted by Crippen LogP contribution is 2.20. The molecule has 5 heteroatoms. The first-order valence-electron chi connectivity index (χ1n) is 4.58. The van der Waals surface area contributed by atoms with Gasteiger partial charge in [-0.15, -0.1) is 0 Å². The molecule has 0 unspecified atom stereocenters. The van der Waals surface area contributed by atoms with Crippen LogP contribution < -0.4 is 4.74 Å². The maximum atomic E-state index is 10.9. The first-order valence-corrected chi connectivity index (χ1v) is 5.37. The van der Waals surface area contributed by atoms with Crippen LogP contribution in [0.25, 0.3) is 5.69 Å². The summed E-state index contributed by atoms with van der Waals surface area (Å²) in [5.74, 6) is 0.653. The molecule has 0 bridgehead atoms. The van der Waals surface area contributed by atoms with Crippen molar-refractivity contribution in [2.24, 2.45) is 0 Å². The normalized spacial score (nSPS) is 10.1. The molecule has 16 heavy (non-hydrogen) atoms. The van der Waals surface area contributed by atoms with Crippen molar-refractivity contribution in [2.75, 3.05) is 7.11 Å². The molecule has 0 aliphatic heterocycles. The molecule has 1 aromatic carbocycles. The Morgan fingerprint density at radius 1 is 1.50 bits per heavy atom. The summed E-state index contributed by atoms with van der Waals surface area (Å²) in [6.45, 7) is 0. The molecular weight excluding hydrogens is 272 g/mol. The summed E-state index contributed by atoms with van der Waals surface area (Å²) >= 11 is 3.32. The molecule has 1 aromatic heterocycles. The van der Waals surface area contributed by atoms with E-state index in [1.165, 1.54) is 0 Å². The number of ether oxygens (including phenoxy) is 1. The van der Waals surface area contributed by atoms with E-state index in [-0.39, 0.29) is 0 Å². The second kappa shape index (κ2) is 4.49.